The van der Waals surface area contributed by atoms with Crippen molar-refractivity contribution in [2.45, 2.75) is 40.0 Å². The van der Waals surface area contributed by atoms with Gasteiger partial charge in [-0.3, -0.25) is 0 Å². The maximum Gasteiger partial charge on any atom is -0.00231 e. The maximum atomic E-state index is 3.49. The Morgan fingerprint density at radius 3 is 2.38 bits per heavy atom. The summed E-state index contributed by atoms with van der Waals surface area (Å²) in [4.78, 5) is 0. The van der Waals surface area contributed by atoms with Gasteiger partial charge in [0.2, 0.25) is 0 Å². The molecule has 0 rings (SSSR count). The Morgan fingerprint density at radius 1 is 1.08 bits per heavy atom. The fraction of sp³-hybridized carbons (Fsp3) is 1.00. The van der Waals surface area contributed by atoms with E-state index in [-0.39, 0.29) is 0 Å². The molecule has 1 unspecified atom stereocenters. The number of rotatable bonds is 9. The standard InChI is InChI=1S/C11H26N2/c1-4-7-11(3)10-13-9-6-8-12-5-2/h11-13H,4-10H2,1-3H3. The molecule has 0 saturated carbocycles. The molecule has 0 aromatic rings. The predicted octanol–water partition coefficient (Wildman–Crippen LogP) is 2.01. The van der Waals surface area contributed by atoms with Gasteiger partial charge in [0.15, 0.2) is 0 Å². The van der Waals surface area contributed by atoms with Gasteiger partial charge >= 0.3 is 0 Å². The van der Waals surface area contributed by atoms with E-state index in [0.717, 1.165) is 25.6 Å². The number of hydrogen-bond donors (Lipinski definition) is 2. The molecule has 0 bridgehead atoms. The summed E-state index contributed by atoms with van der Waals surface area (Å²) in [7, 11) is 0. The van der Waals surface area contributed by atoms with Crippen LogP contribution in [0.15, 0.2) is 0 Å². The second kappa shape index (κ2) is 10.0. The smallest absolute Gasteiger partial charge is 0.00231 e. The molecule has 0 aliphatic carbocycles. The van der Waals surface area contributed by atoms with Gasteiger partial charge in [-0.2, -0.15) is 0 Å². The van der Waals surface area contributed by atoms with E-state index in [0.29, 0.717) is 0 Å². The van der Waals surface area contributed by atoms with E-state index in [4.69, 9.17) is 0 Å². The van der Waals surface area contributed by atoms with Crippen LogP contribution < -0.4 is 10.6 Å². The van der Waals surface area contributed by atoms with Gasteiger partial charge in [-0.1, -0.05) is 27.2 Å². The molecule has 0 aliphatic rings. The molecule has 80 valence electrons. The monoisotopic (exact) mass is 186 g/mol. The normalized spacial score (nSPS) is 13.2. The molecule has 2 heteroatoms. The van der Waals surface area contributed by atoms with Gasteiger partial charge in [0.05, 0.1) is 0 Å². The summed E-state index contributed by atoms with van der Waals surface area (Å²) < 4.78 is 0. The Balaban J connectivity index is 2.97. The van der Waals surface area contributed by atoms with Gasteiger partial charge in [-0.15, -0.1) is 0 Å². The Hall–Kier alpha value is -0.0800. The molecular weight excluding hydrogens is 160 g/mol. The third kappa shape index (κ3) is 9.84. The zero-order valence-corrected chi connectivity index (χ0v) is 9.53. The van der Waals surface area contributed by atoms with Crippen LogP contribution in [0.3, 0.4) is 0 Å². The predicted molar refractivity (Wildman–Crippen MR) is 60.1 cm³/mol. The largest absolute Gasteiger partial charge is 0.317 e. The van der Waals surface area contributed by atoms with Gasteiger partial charge in [0.25, 0.3) is 0 Å². The molecule has 0 saturated heterocycles. The van der Waals surface area contributed by atoms with E-state index < -0.39 is 0 Å². The highest BCUT2D eigenvalue weighted by Crippen LogP contribution is 2.02. The van der Waals surface area contributed by atoms with Gasteiger partial charge in [-0.25, -0.2) is 0 Å². The molecule has 13 heavy (non-hydrogen) atoms. The quantitative estimate of drug-likeness (QED) is 0.538. The Kier molecular flexibility index (Phi) is 9.94. The number of hydrogen-bond acceptors (Lipinski definition) is 2. The van der Waals surface area contributed by atoms with Crippen molar-refractivity contribution in [3.05, 3.63) is 0 Å². The molecule has 2 nitrogen and oxygen atoms in total. The summed E-state index contributed by atoms with van der Waals surface area (Å²) in [5.41, 5.74) is 0. The van der Waals surface area contributed by atoms with Crippen LogP contribution in [0.2, 0.25) is 0 Å². The number of nitrogens with one attached hydrogen (secondary N) is 2. The molecule has 2 N–H and O–H groups in total. The average Bonchev–Trinajstić information content (AvgIpc) is 2.11. The Morgan fingerprint density at radius 2 is 1.77 bits per heavy atom. The fourth-order valence-electron chi connectivity index (χ4n) is 1.46. The van der Waals surface area contributed by atoms with E-state index in [1.807, 2.05) is 0 Å². The molecule has 0 radical (unpaired) electrons. The van der Waals surface area contributed by atoms with Crippen LogP contribution in [0.5, 0.6) is 0 Å². The Labute approximate surface area is 83.5 Å². The van der Waals surface area contributed by atoms with E-state index in [1.54, 1.807) is 0 Å². The van der Waals surface area contributed by atoms with Crippen molar-refractivity contribution in [3.8, 4) is 0 Å². The lowest BCUT2D eigenvalue weighted by atomic mass is 10.1. The highest BCUT2D eigenvalue weighted by atomic mass is 14.9. The molecule has 0 amide bonds. The summed E-state index contributed by atoms with van der Waals surface area (Å²) in [6.45, 7) is 11.3. The minimum atomic E-state index is 0.837. The molecule has 1 atom stereocenters. The van der Waals surface area contributed by atoms with E-state index in [9.17, 15) is 0 Å². The summed E-state index contributed by atoms with van der Waals surface area (Å²) in [5.74, 6) is 0.837. The molecule has 0 spiro atoms. The average molecular weight is 186 g/mol. The third-order valence-corrected chi connectivity index (χ3v) is 2.23. The molecule has 0 aromatic carbocycles. The van der Waals surface area contributed by atoms with Gasteiger partial charge in [0.1, 0.15) is 0 Å². The fourth-order valence-corrected chi connectivity index (χ4v) is 1.46. The molecule has 0 heterocycles. The van der Waals surface area contributed by atoms with Crippen molar-refractivity contribution in [3.63, 3.8) is 0 Å². The van der Waals surface area contributed by atoms with Crippen LogP contribution >= 0.6 is 0 Å². The molecule has 0 fully saturated rings. The lowest BCUT2D eigenvalue weighted by molar-refractivity contribution is 0.470. The van der Waals surface area contributed by atoms with Crippen LogP contribution in [0.4, 0.5) is 0 Å². The summed E-state index contributed by atoms with van der Waals surface area (Å²) >= 11 is 0. The second-order valence-corrected chi connectivity index (χ2v) is 3.81. The van der Waals surface area contributed by atoms with Gasteiger partial charge in [0, 0.05) is 0 Å². The first-order chi connectivity index (χ1) is 6.31. The van der Waals surface area contributed by atoms with Crippen molar-refractivity contribution < 1.29 is 0 Å². The molecule has 0 aliphatic heterocycles. The van der Waals surface area contributed by atoms with E-state index >= 15 is 0 Å². The zero-order valence-electron chi connectivity index (χ0n) is 9.53. The van der Waals surface area contributed by atoms with Crippen LogP contribution in [-0.2, 0) is 0 Å². The highest BCUT2D eigenvalue weighted by Gasteiger charge is 1.98. The minimum absolute atomic E-state index is 0.837. The van der Waals surface area contributed by atoms with Crippen LogP contribution in [0.25, 0.3) is 0 Å². The minimum Gasteiger partial charge on any atom is -0.317 e. The summed E-state index contributed by atoms with van der Waals surface area (Å²) in [5, 5.41) is 6.81. The SMILES string of the molecule is CCCC(C)CNCCCNCC. The van der Waals surface area contributed by atoms with Gasteiger partial charge in [-0.05, 0) is 44.9 Å². The lowest BCUT2D eigenvalue weighted by Crippen LogP contribution is -2.25. The van der Waals surface area contributed by atoms with Crippen molar-refractivity contribution in [2.24, 2.45) is 5.92 Å². The van der Waals surface area contributed by atoms with Crippen LogP contribution in [0, 0.1) is 5.92 Å². The Bertz CT molecular complexity index is 94.1. The highest BCUT2D eigenvalue weighted by molar-refractivity contribution is 4.57. The first kappa shape index (κ1) is 12.9. The third-order valence-electron chi connectivity index (χ3n) is 2.23. The van der Waals surface area contributed by atoms with Crippen molar-refractivity contribution >= 4 is 0 Å². The van der Waals surface area contributed by atoms with Gasteiger partial charge < -0.3 is 10.6 Å². The van der Waals surface area contributed by atoms with Crippen molar-refractivity contribution in [1.29, 1.82) is 0 Å². The first-order valence-corrected chi connectivity index (χ1v) is 5.72. The second-order valence-electron chi connectivity index (χ2n) is 3.81. The maximum absolute atomic E-state index is 3.49. The van der Waals surface area contributed by atoms with Crippen molar-refractivity contribution in [1.82, 2.24) is 10.6 Å². The summed E-state index contributed by atoms with van der Waals surface area (Å²) in [6, 6.07) is 0. The molecular formula is C11H26N2. The van der Waals surface area contributed by atoms with E-state index in [1.165, 1.54) is 25.8 Å². The van der Waals surface area contributed by atoms with Crippen LogP contribution in [0.1, 0.15) is 40.0 Å². The summed E-state index contributed by atoms with van der Waals surface area (Å²) in [6.07, 6.45) is 3.90. The lowest BCUT2D eigenvalue weighted by Gasteiger charge is -2.11. The molecule has 0 aromatic heterocycles. The first-order valence-electron chi connectivity index (χ1n) is 5.72. The van der Waals surface area contributed by atoms with E-state index in [2.05, 4.69) is 31.4 Å². The zero-order chi connectivity index (χ0) is 9.94. The van der Waals surface area contributed by atoms with Crippen LogP contribution in [-0.4, -0.2) is 26.2 Å². The topological polar surface area (TPSA) is 24.1 Å². The van der Waals surface area contributed by atoms with Crippen molar-refractivity contribution in [2.75, 3.05) is 26.2 Å².